The zero-order valence-electron chi connectivity index (χ0n) is 16.5. The van der Waals surface area contributed by atoms with Gasteiger partial charge in [-0.25, -0.2) is 8.42 Å². The van der Waals surface area contributed by atoms with Crippen molar-refractivity contribution < 1.29 is 17.9 Å². The number of hydrogen-bond acceptors (Lipinski definition) is 4. The topological polar surface area (TPSA) is 63.7 Å². The number of ether oxygens (including phenoxy) is 1. The number of rotatable bonds is 9. The molecule has 5 nitrogen and oxygen atoms in total. The smallest absolute Gasteiger partial charge is 0.325 e. The Morgan fingerprint density at radius 2 is 1.71 bits per heavy atom. The molecule has 0 bridgehead atoms. The lowest BCUT2D eigenvalue weighted by Crippen LogP contribution is -2.48. The molecule has 0 saturated carbocycles. The number of carbonyl (C=O) groups is 1. The van der Waals surface area contributed by atoms with E-state index in [1.807, 2.05) is 37.3 Å². The van der Waals surface area contributed by atoms with Crippen LogP contribution in [0.5, 0.6) is 0 Å². The Hall–Kier alpha value is -2.44. The molecular weight excluding hydrogens is 374 g/mol. The Bertz CT molecular complexity index is 890. The van der Waals surface area contributed by atoms with Crippen molar-refractivity contribution in [1.82, 2.24) is 4.31 Å². The van der Waals surface area contributed by atoms with Crippen LogP contribution in [-0.4, -0.2) is 31.3 Å². The first-order chi connectivity index (χ1) is 13.3. The van der Waals surface area contributed by atoms with Crippen LogP contribution in [0, 0.1) is 12.8 Å². The SMILES string of the molecule is C=CCN([C@H](C(=O)OCc1ccccc1)C(C)C)S(=O)(=O)c1ccc(C)cc1. The fourth-order valence-electron chi connectivity index (χ4n) is 2.87. The lowest BCUT2D eigenvalue weighted by Gasteiger charge is -2.31. The van der Waals surface area contributed by atoms with Crippen LogP contribution in [0.25, 0.3) is 0 Å². The van der Waals surface area contributed by atoms with Crippen molar-refractivity contribution in [2.45, 2.75) is 38.3 Å². The van der Waals surface area contributed by atoms with Crippen LogP contribution in [0.1, 0.15) is 25.0 Å². The molecule has 0 fully saturated rings. The number of aryl methyl sites for hydroxylation is 1. The molecule has 0 radical (unpaired) electrons. The van der Waals surface area contributed by atoms with E-state index < -0.39 is 22.0 Å². The summed E-state index contributed by atoms with van der Waals surface area (Å²) in [6.45, 7) is 9.25. The molecule has 0 heterocycles. The highest BCUT2D eigenvalue weighted by Crippen LogP contribution is 2.24. The summed E-state index contributed by atoms with van der Waals surface area (Å²) in [6, 6.07) is 14.9. The highest BCUT2D eigenvalue weighted by Gasteiger charge is 2.38. The van der Waals surface area contributed by atoms with Crippen molar-refractivity contribution in [3.63, 3.8) is 0 Å². The van der Waals surface area contributed by atoms with E-state index in [0.717, 1.165) is 11.1 Å². The van der Waals surface area contributed by atoms with Crippen LogP contribution in [0.4, 0.5) is 0 Å². The molecule has 2 aromatic rings. The number of esters is 1. The number of hydrogen-bond donors (Lipinski definition) is 0. The summed E-state index contributed by atoms with van der Waals surface area (Å²) in [4.78, 5) is 13.0. The van der Waals surface area contributed by atoms with Gasteiger partial charge in [0.05, 0.1) is 4.90 Å². The molecule has 0 aliphatic carbocycles. The second-order valence-electron chi connectivity index (χ2n) is 6.96. The van der Waals surface area contributed by atoms with Crippen molar-refractivity contribution in [3.05, 3.63) is 78.4 Å². The maximum atomic E-state index is 13.2. The maximum Gasteiger partial charge on any atom is 0.325 e. The van der Waals surface area contributed by atoms with Gasteiger partial charge in [-0.1, -0.05) is 68.0 Å². The van der Waals surface area contributed by atoms with Gasteiger partial charge in [0.1, 0.15) is 12.6 Å². The molecule has 150 valence electrons. The third kappa shape index (κ3) is 5.30. The second-order valence-corrected chi connectivity index (χ2v) is 8.85. The minimum Gasteiger partial charge on any atom is -0.460 e. The molecule has 2 rings (SSSR count). The summed E-state index contributed by atoms with van der Waals surface area (Å²) in [5.41, 5.74) is 1.80. The maximum absolute atomic E-state index is 13.2. The predicted molar refractivity (Wildman–Crippen MR) is 110 cm³/mol. The molecular formula is C22H27NO4S. The molecule has 0 aliphatic heterocycles. The third-order valence-electron chi connectivity index (χ3n) is 4.34. The minimum absolute atomic E-state index is 0.0134. The van der Waals surface area contributed by atoms with Gasteiger partial charge >= 0.3 is 5.97 Å². The highest BCUT2D eigenvalue weighted by molar-refractivity contribution is 7.89. The molecule has 1 atom stereocenters. The van der Waals surface area contributed by atoms with Gasteiger partial charge in [0.25, 0.3) is 0 Å². The van der Waals surface area contributed by atoms with Gasteiger partial charge in [-0.15, -0.1) is 6.58 Å². The van der Waals surface area contributed by atoms with E-state index in [1.165, 1.54) is 10.4 Å². The van der Waals surface area contributed by atoms with Crippen molar-refractivity contribution in [2.75, 3.05) is 6.54 Å². The summed E-state index contributed by atoms with van der Waals surface area (Å²) >= 11 is 0. The van der Waals surface area contributed by atoms with E-state index in [4.69, 9.17) is 4.74 Å². The molecule has 0 aromatic heterocycles. The Kier molecular flexibility index (Phi) is 7.54. The number of carbonyl (C=O) groups excluding carboxylic acids is 1. The molecule has 0 spiro atoms. The van der Waals surface area contributed by atoms with E-state index in [9.17, 15) is 13.2 Å². The molecule has 0 unspecified atom stereocenters. The van der Waals surface area contributed by atoms with E-state index in [1.54, 1.807) is 38.1 Å². The van der Waals surface area contributed by atoms with Crippen LogP contribution in [-0.2, 0) is 26.2 Å². The zero-order valence-corrected chi connectivity index (χ0v) is 17.4. The predicted octanol–water partition coefficient (Wildman–Crippen LogP) is 3.94. The molecule has 0 saturated heterocycles. The summed E-state index contributed by atoms with van der Waals surface area (Å²) < 4.78 is 33.1. The van der Waals surface area contributed by atoms with Gasteiger partial charge in [-0.05, 0) is 30.5 Å². The van der Waals surface area contributed by atoms with Gasteiger partial charge in [0.2, 0.25) is 10.0 Å². The summed E-state index contributed by atoms with van der Waals surface area (Å²) in [5, 5.41) is 0. The first-order valence-electron chi connectivity index (χ1n) is 9.17. The van der Waals surface area contributed by atoms with Crippen LogP contribution in [0.15, 0.2) is 72.1 Å². The largest absolute Gasteiger partial charge is 0.460 e. The Balaban J connectivity index is 2.31. The van der Waals surface area contributed by atoms with Gasteiger partial charge in [0, 0.05) is 6.54 Å². The lowest BCUT2D eigenvalue weighted by molar-refractivity contribution is -0.151. The summed E-state index contributed by atoms with van der Waals surface area (Å²) in [7, 11) is -3.89. The average Bonchev–Trinajstić information content (AvgIpc) is 2.67. The Morgan fingerprint density at radius 3 is 2.25 bits per heavy atom. The van der Waals surface area contributed by atoms with Crippen LogP contribution < -0.4 is 0 Å². The third-order valence-corrected chi connectivity index (χ3v) is 6.21. The van der Waals surface area contributed by atoms with Crippen LogP contribution in [0.3, 0.4) is 0 Å². The fourth-order valence-corrected chi connectivity index (χ4v) is 4.55. The second kappa shape index (κ2) is 9.66. The summed E-state index contributed by atoms with van der Waals surface area (Å²) in [5.74, 6) is -0.847. The van der Waals surface area contributed by atoms with Gasteiger partial charge in [-0.3, -0.25) is 4.79 Å². The van der Waals surface area contributed by atoms with E-state index in [-0.39, 0.29) is 24.0 Å². The van der Waals surface area contributed by atoms with Gasteiger partial charge < -0.3 is 4.74 Å². The van der Waals surface area contributed by atoms with E-state index in [0.29, 0.717) is 0 Å². The molecule has 0 aliphatic rings. The number of benzene rings is 2. The van der Waals surface area contributed by atoms with Gasteiger partial charge in [-0.2, -0.15) is 4.31 Å². The normalized spacial score (nSPS) is 12.8. The first kappa shape index (κ1) is 21.9. The molecule has 2 aromatic carbocycles. The quantitative estimate of drug-likeness (QED) is 0.472. The van der Waals surface area contributed by atoms with Crippen LogP contribution in [0.2, 0.25) is 0 Å². The number of nitrogens with zero attached hydrogens (tertiary/aromatic N) is 1. The average molecular weight is 402 g/mol. The minimum atomic E-state index is -3.89. The Labute approximate surface area is 167 Å². The highest BCUT2D eigenvalue weighted by atomic mass is 32.2. The molecule has 0 N–H and O–H groups in total. The van der Waals surface area contributed by atoms with Crippen molar-refractivity contribution in [1.29, 1.82) is 0 Å². The van der Waals surface area contributed by atoms with E-state index >= 15 is 0 Å². The lowest BCUT2D eigenvalue weighted by atomic mass is 10.0. The zero-order chi connectivity index (χ0) is 20.7. The van der Waals surface area contributed by atoms with Crippen molar-refractivity contribution in [2.24, 2.45) is 5.92 Å². The molecule has 28 heavy (non-hydrogen) atoms. The molecule has 0 amide bonds. The van der Waals surface area contributed by atoms with E-state index in [2.05, 4.69) is 6.58 Å². The monoisotopic (exact) mass is 401 g/mol. The summed E-state index contributed by atoms with van der Waals surface area (Å²) in [6.07, 6.45) is 1.48. The standard InChI is InChI=1S/C22H27NO4S/c1-5-15-23(28(25,26)20-13-11-18(4)12-14-20)21(17(2)3)22(24)27-16-19-9-7-6-8-10-19/h5-14,17,21H,1,15-16H2,2-4H3/t21-/m0/s1. The Morgan fingerprint density at radius 1 is 1.11 bits per heavy atom. The molecule has 6 heteroatoms. The first-order valence-corrected chi connectivity index (χ1v) is 10.6. The fraction of sp³-hybridized carbons (Fsp3) is 0.318. The van der Waals surface area contributed by atoms with Crippen molar-refractivity contribution >= 4 is 16.0 Å². The van der Waals surface area contributed by atoms with Gasteiger partial charge in [0.15, 0.2) is 0 Å². The van der Waals surface area contributed by atoms with Crippen LogP contribution >= 0.6 is 0 Å². The number of sulfonamides is 1. The van der Waals surface area contributed by atoms with Crippen molar-refractivity contribution in [3.8, 4) is 0 Å².